The van der Waals surface area contributed by atoms with Crippen LogP contribution in [0.1, 0.15) is 0 Å². The van der Waals surface area contributed by atoms with Crippen LogP contribution in [-0.2, 0) is 0 Å². The molecule has 3 aromatic rings. The standard InChI is InChI=1S/C16H10BrIO3/c1-20-13-8-12-10(7-11(13)17)15(19)14(18)16(21-12)9-5-3-2-4-6-9/h2-8H,1H3. The number of benzene rings is 2. The van der Waals surface area contributed by atoms with E-state index in [1.807, 2.05) is 52.9 Å². The molecule has 1 heterocycles. The molecule has 0 saturated carbocycles. The maximum absolute atomic E-state index is 12.5. The van der Waals surface area contributed by atoms with E-state index in [0.29, 0.717) is 26.0 Å². The molecule has 0 aliphatic heterocycles. The Morgan fingerprint density at radius 3 is 2.57 bits per heavy atom. The molecule has 0 spiro atoms. The van der Waals surface area contributed by atoms with Crippen LogP contribution < -0.4 is 10.2 Å². The van der Waals surface area contributed by atoms with E-state index < -0.39 is 0 Å². The summed E-state index contributed by atoms with van der Waals surface area (Å²) in [5, 5.41) is 0.534. The van der Waals surface area contributed by atoms with Crippen LogP contribution in [-0.4, -0.2) is 7.11 Å². The van der Waals surface area contributed by atoms with Crippen molar-refractivity contribution >= 4 is 49.5 Å². The number of hydrogen-bond acceptors (Lipinski definition) is 3. The molecular weight excluding hydrogens is 447 g/mol. The van der Waals surface area contributed by atoms with Crippen LogP contribution in [0.2, 0.25) is 0 Å². The van der Waals surface area contributed by atoms with Crippen molar-refractivity contribution in [3.8, 4) is 17.1 Å². The number of hydrogen-bond donors (Lipinski definition) is 0. The molecule has 0 bridgehead atoms. The minimum Gasteiger partial charge on any atom is -0.495 e. The van der Waals surface area contributed by atoms with E-state index in [1.165, 1.54) is 0 Å². The van der Waals surface area contributed by atoms with Crippen LogP contribution in [0.4, 0.5) is 0 Å². The lowest BCUT2D eigenvalue weighted by Crippen LogP contribution is -2.07. The van der Waals surface area contributed by atoms with Gasteiger partial charge in [0.1, 0.15) is 14.9 Å². The Balaban J connectivity index is 2.36. The third-order valence-electron chi connectivity index (χ3n) is 3.15. The molecule has 106 valence electrons. The Bertz CT molecular complexity index is 872. The molecule has 0 atom stereocenters. The Labute approximate surface area is 143 Å². The largest absolute Gasteiger partial charge is 0.495 e. The Kier molecular flexibility index (Phi) is 4.03. The van der Waals surface area contributed by atoms with Gasteiger partial charge < -0.3 is 9.15 Å². The minimum absolute atomic E-state index is 0.0425. The zero-order valence-electron chi connectivity index (χ0n) is 11.0. The average Bonchev–Trinajstić information content (AvgIpc) is 2.52. The van der Waals surface area contributed by atoms with Crippen LogP contribution in [0, 0.1) is 3.57 Å². The van der Waals surface area contributed by atoms with Crippen molar-refractivity contribution in [2.24, 2.45) is 0 Å². The second-order valence-corrected chi connectivity index (χ2v) is 6.36. The molecule has 2 aromatic carbocycles. The van der Waals surface area contributed by atoms with Crippen LogP contribution in [0.15, 0.2) is 56.1 Å². The summed E-state index contributed by atoms with van der Waals surface area (Å²) < 4.78 is 12.5. The van der Waals surface area contributed by atoms with Crippen LogP contribution >= 0.6 is 38.5 Å². The number of fused-ring (bicyclic) bond motifs is 1. The first kappa shape index (κ1) is 14.6. The van der Waals surface area contributed by atoms with Crippen molar-refractivity contribution in [3.05, 3.63) is 60.7 Å². The topological polar surface area (TPSA) is 39.4 Å². The average molecular weight is 457 g/mol. The molecule has 0 N–H and O–H groups in total. The molecule has 21 heavy (non-hydrogen) atoms. The molecule has 0 unspecified atom stereocenters. The second-order valence-electron chi connectivity index (χ2n) is 4.42. The molecule has 5 heteroatoms. The first-order chi connectivity index (χ1) is 10.1. The maximum Gasteiger partial charge on any atom is 0.206 e. The summed E-state index contributed by atoms with van der Waals surface area (Å²) in [4.78, 5) is 12.5. The fraction of sp³-hybridized carbons (Fsp3) is 0.0625. The molecule has 0 fully saturated rings. The minimum atomic E-state index is -0.0425. The van der Waals surface area contributed by atoms with Crippen molar-refractivity contribution in [3.63, 3.8) is 0 Å². The summed E-state index contributed by atoms with van der Waals surface area (Å²) in [6, 6.07) is 13.1. The van der Waals surface area contributed by atoms with Crippen molar-refractivity contribution < 1.29 is 9.15 Å². The lowest BCUT2D eigenvalue weighted by Gasteiger charge is -2.08. The van der Waals surface area contributed by atoms with Crippen molar-refractivity contribution in [2.75, 3.05) is 7.11 Å². The van der Waals surface area contributed by atoms with Gasteiger partial charge in [0.2, 0.25) is 5.43 Å². The molecule has 0 aliphatic rings. The predicted octanol–water partition coefficient (Wildman–Crippen LogP) is 4.84. The van der Waals surface area contributed by atoms with Crippen LogP contribution in [0.3, 0.4) is 0 Å². The van der Waals surface area contributed by atoms with Crippen molar-refractivity contribution in [1.82, 2.24) is 0 Å². The highest BCUT2D eigenvalue weighted by Gasteiger charge is 2.15. The fourth-order valence-corrected chi connectivity index (χ4v) is 3.32. The molecule has 0 saturated heterocycles. The van der Waals surface area contributed by atoms with Gasteiger partial charge in [-0.25, -0.2) is 0 Å². The lowest BCUT2D eigenvalue weighted by atomic mass is 10.1. The molecule has 0 amide bonds. The Hall–Kier alpha value is -1.34. The zero-order chi connectivity index (χ0) is 15.0. The van der Waals surface area contributed by atoms with E-state index in [0.717, 1.165) is 10.0 Å². The van der Waals surface area contributed by atoms with Gasteiger partial charge in [0.15, 0.2) is 5.76 Å². The number of methoxy groups -OCH3 is 1. The highest BCUT2D eigenvalue weighted by atomic mass is 127. The van der Waals surface area contributed by atoms with Gasteiger partial charge in [0, 0.05) is 11.6 Å². The third-order valence-corrected chi connectivity index (χ3v) is 4.74. The van der Waals surface area contributed by atoms with E-state index in [9.17, 15) is 4.79 Å². The third kappa shape index (κ3) is 2.60. The summed E-state index contributed by atoms with van der Waals surface area (Å²) in [6.45, 7) is 0. The molecular formula is C16H10BrIO3. The van der Waals surface area contributed by atoms with E-state index in [4.69, 9.17) is 9.15 Å². The number of halogens is 2. The summed E-state index contributed by atoms with van der Waals surface area (Å²) in [5.74, 6) is 1.21. The molecule has 1 aromatic heterocycles. The Morgan fingerprint density at radius 1 is 1.19 bits per heavy atom. The van der Waals surface area contributed by atoms with Gasteiger partial charge in [-0.3, -0.25) is 4.79 Å². The number of rotatable bonds is 2. The fourth-order valence-electron chi connectivity index (χ4n) is 2.10. The van der Waals surface area contributed by atoms with Gasteiger partial charge in [-0.05, 0) is 44.6 Å². The Morgan fingerprint density at radius 2 is 1.90 bits per heavy atom. The van der Waals surface area contributed by atoms with Gasteiger partial charge in [0.25, 0.3) is 0 Å². The van der Waals surface area contributed by atoms with Crippen LogP contribution in [0.5, 0.6) is 5.75 Å². The maximum atomic E-state index is 12.5. The van der Waals surface area contributed by atoms with E-state index >= 15 is 0 Å². The summed E-state index contributed by atoms with van der Waals surface area (Å²) in [7, 11) is 1.58. The van der Waals surface area contributed by atoms with E-state index in [2.05, 4.69) is 15.9 Å². The molecule has 0 radical (unpaired) electrons. The van der Waals surface area contributed by atoms with Gasteiger partial charge in [0.05, 0.1) is 17.0 Å². The van der Waals surface area contributed by atoms with Gasteiger partial charge >= 0.3 is 0 Å². The van der Waals surface area contributed by atoms with Crippen molar-refractivity contribution in [2.45, 2.75) is 0 Å². The highest BCUT2D eigenvalue weighted by molar-refractivity contribution is 14.1. The lowest BCUT2D eigenvalue weighted by molar-refractivity contribution is 0.412. The number of ether oxygens (including phenoxy) is 1. The monoisotopic (exact) mass is 456 g/mol. The summed E-state index contributed by atoms with van der Waals surface area (Å²) >= 11 is 5.43. The first-order valence-electron chi connectivity index (χ1n) is 6.17. The van der Waals surface area contributed by atoms with Gasteiger partial charge in [-0.15, -0.1) is 0 Å². The van der Waals surface area contributed by atoms with E-state index in [1.54, 1.807) is 19.2 Å². The quantitative estimate of drug-likeness (QED) is 0.518. The van der Waals surface area contributed by atoms with Gasteiger partial charge in [-0.2, -0.15) is 0 Å². The normalized spacial score (nSPS) is 10.8. The smallest absolute Gasteiger partial charge is 0.206 e. The molecule has 3 rings (SSSR count). The van der Waals surface area contributed by atoms with Crippen molar-refractivity contribution in [1.29, 1.82) is 0 Å². The highest BCUT2D eigenvalue weighted by Crippen LogP contribution is 2.32. The van der Waals surface area contributed by atoms with Gasteiger partial charge in [-0.1, -0.05) is 30.3 Å². The predicted molar refractivity (Wildman–Crippen MR) is 94.9 cm³/mol. The molecule has 0 aliphatic carbocycles. The van der Waals surface area contributed by atoms with Crippen LogP contribution in [0.25, 0.3) is 22.3 Å². The summed E-state index contributed by atoms with van der Waals surface area (Å²) in [6.07, 6.45) is 0. The summed E-state index contributed by atoms with van der Waals surface area (Å²) in [5.41, 5.74) is 1.35. The second kappa shape index (κ2) is 5.81. The zero-order valence-corrected chi connectivity index (χ0v) is 14.8. The van der Waals surface area contributed by atoms with E-state index in [-0.39, 0.29) is 5.43 Å². The first-order valence-corrected chi connectivity index (χ1v) is 8.04. The molecule has 3 nitrogen and oxygen atoms in total. The SMILES string of the molecule is COc1cc2oc(-c3ccccc3)c(I)c(=O)c2cc1Br.